The molecule has 7 heteroatoms. The lowest BCUT2D eigenvalue weighted by atomic mass is 10.1. The molecule has 0 bridgehead atoms. The number of hydrogen-bond donors (Lipinski definition) is 2. The van der Waals surface area contributed by atoms with Gasteiger partial charge in [0.25, 0.3) is 0 Å². The van der Waals surface area contributed by atoms with Crippen LogP contribution in [0.1, 0.15) is 78.9 Å². The van der Waals surface area contributed by atoms with E-state index in [1.807, 2.05) is 63.5 Å². The van der Waals surface area contributed by atoms with Crippen LogP contribution in [0, 0.1) is 11.3 Å². The van der Waals surface area contributed by atoms with E-state index < -0.39 is 0 Å². The molecule has 7 nitrogen and oxygen atoms in total. The van der Waals surface area contributed by atoms with E-state index in [1.54, 1.807) is 0 Å². The first-order chi connectivity index (χ1) is 17.6. The minimum atomic E-state index is 0.719. The minimum absolute atomic E-state index is 0.719. The van der Waals surface area contributed by atoms with E-state index in [0.717, 1.165) is 60.3 Å². The van der Waals surface area contributed by atoms with Crippen molar-refractivity contribution in [2.24, 2.45) is 0 Å². The average molecular weight is 496 g/mol. The first kappa shape index (κ1) is 32.6. The zero-order valence-corrected chi connectivity index (χ0v) is 23.4. The van der Waals surface area contributed by atoms with Crippen molar-refractivity contribution in [3.63, 3.8) is 0 Å². The van der Waals surface area contributed by atoms with Crippen LogP contribution < -0.4 is 10.1 Å². The van der Waals surface area contributed by atoms with Crippen LogP contribution in [-0.4, -0.2) is 35.5 Å². The highest BCUT2D eigenvalue weighted by molar-refractivity contribution is 5.84. The van der Waals surface area contributed by atoms with Gasteiger partial charge in [0.15, 0.2) is 0 Å². The van der Waals surface area contributed by atoms with Gasteiger partial charge in [-0.1, -0.05) is 61.3 Å². The van der Waals surface area contributed by atoms with Crippen LogP contribution in [0.15, 0.2) is 47.2 Å². The molecule has 36 heavy (non-hydrogen) atoms. The summed E-state index contributed by atoms with van der Waals surface area (Å²) in [7, 11) is 1.93. The molecule has 2 heterocycles. The molecule has 0 aliphatic rings. The summed E-state index contributed by atoms with van der Waals surface area (Å²) in [6.07, 6.45) is 6.48. The summed E-state index contributed by atoms with van der Waals surface area (Å²) in [4.78, 5) is 3.21. The fraction of sp³-hybridized carbons (Fsp3) is 0.483. The van der Waals surface area contributed by atoms with Crippen LogP contribution in [0.3, 0.4) is 0 Å². The topological polar surface area (TPSA) is 99.8 Å². The minimum Gasteiger partial charge on any atom is -0.494 e. The number of benzene rings is 2. The Morgan fingerprint density at radius 3 is 2.22 bits per heavy atom. The van der Waals surface area contributed by atoms with E-state index in [2.05, 4.69) is 65.9 Å². The molecule has 2 N–H and O–H groups in total. The second kappa shape index (κ2) is 21.0. The molecule has 0 spiro atoms. The molecule has 2 aromatic heterocycles. The van der Waals surface area contributed by atoms with Gasteiger partial charge in [-0.15, -0.1) is 0 Å². The van der Waals surface area contributed by atoms with E-state index >= 15 is 0 Å². The molecule has 0 saturated carbocycles. The summed E-state index contributed by atoms with van der Waals surface area (Å²) in [5.74, 6) is 0.810. The van der Waals surface area contributed by atoms with Gasteiger partial charge >= 0.3 is 0 Å². The van der Waals surface area contributed by atoms with Crippen molar-refractivity contribution in [2.75, 3.05) is 20.2 Å². The Morgan fingerprint density at radius 1 is 0.972 bits per heavy atom. The molecule has 0 atom stereocenters. The summed E-state index contributed by atoms with van der Waals surface area (Å²) < 4.78 is 9.99. The highest BCUT2D eigenvalue weighted by Crippen LogP contribution is 2.20. The highest BCUT2D eigenvalue weighted by Gasteiger charge is 2.03. The van der Waals surface area contributed by atoms with Crippen molar-refractivity contribution in [3.8, 4) is 11.8 Å². The van der Waals surface area contributed by atoms with Crippen LogP contribution in [-0.2, 0) is 6.42 Å². The molecular formula is C29H45N5O2. The number of nitriles is 1. The van der Waals surface area contributed by atoms with Crippen LogP contribution in [0.2, 0.25) is 0 Å². The number of fused-ring (bicyclic) bond motifs is 2. The Morgan fingerprint density at radius 2 is 1.64 bits per heavy atom. The Kier molecular flexibility index (Phi) is 19.0. The number of nitrogens with one attached hydrogen (secondary N) is 2. The number of aromatic nitrogens is 3. The maximum absolute atomic E-state index is 8.80. The Balaban J connectivity index is 0.000000516. The van der Waals surface area contributed by atoms with E-state index in [1.165, 1.54) is 17.4 Å². The van der Waals surface area contributed by atoms with Crippen molar-refractivity contribution in [1.29, 1.82) is 5.26 Å². The van der Waals surface area contributed by atoms with Gasteiger partial charge < -0.3 is 15.0 Å². The molecule has 0 fully saturated rings. The van der Waals surface area contributed by atoms with Gasteiger partial charge in [-0.3, -0.25) is 0 Å². The van der Waals surface area contributed by atoms with Gasteiger partial charge in [0.05, 0.1) is 18.2 Å². The van der Waals surface area contributed by atoms with Crippen LogP contribution in [0.4, 0.5) is 0 Å². The predicted octanol–water partition coefficient (Wildman–Crippen LogP) is 7.67. The smallest absolute Gasteiger partial charge is 0.138 e. The molecule has 198 valence electrons. The van der Waals surface area contributed by atoms with Gasteiger partial charge in [0.2, 0.25) is 0 Å². The number of nitrogens with zero attached hydrogens (tertiary/aromatic N) is 3. The molecule has 2 aromatic carbocycles. The first-order valence-electron chi connectivity index (χ1n) is 13.1. The molecule has 0 unspecified atom stereocenters. The summed E-state index contributed by atoms with van der Waals surface area (Å²) in [5, 5.41) is 20.3. The SMILES string of the molecule is CC.CCC.CCCOc1ccc2nonc2c1.CCCc1c[nH]c2ccc(C#N)cc12.CCNC. The lowest BCUT2D eigenvalue weighted by Gasteiger charge is -2.02. The van der Waals surface area contributed by atoms with Gasteiger partial charge in [0, 0.05) is 23.2 Å². The fourth-order valence-corrected chi connectivity index (χ4v) is 2.80. The highest BCUT2D eigenvalue weighted by atomic mass is 16.6. The first-order valence-corrected chi connectivity index (χ1v) is 13.1. The van der Waals surface area contributed by atoms with Gasteiger partial charge in [-0.25, -0.2) is 4.63 Å². The van der Waals surface area contributed by atoms with Gasteiger partial charge in [-0.05, 0) is 72.6 Å². The van der Waals surface area contributed by atoms with Crippen LogP contribution in [0.25, 0.3) is 21.9 Å². The third-order valence-corrected chi connectivity index (χ3v) is 4.47. The Hall–Kier alpha value is -3.37. The molecule has 0 saturated heterocycles. The second-order valence-corrected chi connectivity index (χ2v) is 7.61. The standard InChI is InChI=1S/C12H12N2.C9H10N2O2.C3H9N.C3H8.C2H6/c1-2-3-10-8-14-12-5-4-9(7-13)6-11(10)12;1-2-5-12-7-3-4-8-9(6-7)11-13-10-8;1-3-4-2;1-3-2;1-2/h4-6,8,14H,2-3H2,1H3;3-4,6H,2,5H2,1H3;4H,3H2,1-2H3;3H2,1-2H3;1-2H3. The molecule has 0 radical (unpaired) electrons. The zero-order chi connectivity index (χ0) is 27.2. The van der Waals surface area contributed by atoms with Crippen LogP contribution in [0.5, 0.6) is 5.75 Å². The predicted molar refractivity (Wildman–Crippen MR) is 152 cm³/mol. The number of rotatable bonds is 6. The van der Waals surface area contributed by atoms with Crippen molar-refractivity contribution in [1.82, 2.24) is 20.6 Å². The van der Waals surface area contributed by atoms with Crippen molar-refractivity contribution in [3.05, 3.63) is 53.7 Å². The molecule has 0 amide bonds. The third-order valence-electron chi connectivity index (χ3n) is 4.47. The lowest BCUT2D eigenvalue weighted by Crippen LogP contribution is -2.01. The normalized spacial score (nSPS) is 9.31. The fourth-order valence-electron chi connectivity index (χ4n) is 2.80. The summed E-state index contributed by atoms with van der Waals surface area (Å²) in [6, 6.07) is 13.4. The molecule has 4 rings (SSSR count). The largest absolute Gasteiger partial charge is 0.494 e. The molecule has 0 aliphatic carbocycles. The Bertz CT molecular complexity index is 1110. The monoisotopic (exact) mass is 495 g/mol. The van der Waals surface area contributed by atoms with Gasteiger partial charge in [0.1, 0.15) is 16.8 Å². The number of aromatic amines is 1. The summed E-state index contributed by atoms with van der Waals surface area (Å²) in [5.41, 5.74) is 4.64. The van der Waals surface area contributed by atoms with Crippen molar-refractivity contribution in [2.45, 2.75) is 74.1 Å². The molecule has 4 aromatic rings. The average Bonchev–Trinajstić information content (AvgIpc) is 3.56. The van der Waals surface area contributed by atoms with E-state index in [0.29, 0.717) is 0 Å². The Labute approximate surface area is 217 Å². The number of H-pyrrole nitrogens is 1. The van der Waals surface area contributed by atoms with Crippen molar-refractivity contribution < 1.29 is 9.37 Å². The number of hydrogen-bond acceptors (Lipinski definition) is 6. The zero-order valence-electron chi connectivity index (χ0n) is 23.4. The van der Waals surface area contributed by atoms with E-state index in [4.69, 9.17) is 10.00 Å². The third kappa shape index (κ3) is 11.9. The molecular weight excluding hydrogens is 450 g/mol. The van der Waals surface area contributed by atoms with Crippen LogP contribution >= 0.6 is 0 Å². The van der Waals surface area contributed by atoms with E-state index in [9.17, 15) is 0 Å². The summed E-state index contributed by atoms with van der Waals surface area (Å²) in [6.45, 7) is 16.3. The van der Waals surface area contributed by atoms with Crippen molar-refractivity contribution >= 4 is 21.9 Å². The van der Waals surface area contributed by atoms with E-state index in [-0.39, 0.29) is 0 Å². The number of aryl methyl sites for hydroxylation is 1. The molecule has 0 aliphatic heterocycles. The maximum Gasteiger partial charge on any atom is 0.138 e. The maximum atomic E-state index is 8.80. The number of ether oxygens (including phenoxy) is 1. The summed E-state index contributed by atoms with van der Waals surface area (Å²) >= 11 is 0. The second-order valence-electron chi connectivity index (χ2n) is 7.61. The quantitative estimate of drug-likeness (QED) is 0.285. The lowest BCUT2D eigenvalue weighted by molar-refractivity contribution is 0.313. The van der Waals surface area contributed by atoms with Gasteiger partial charge in [-0.2, -0.15) is 5.26 Å².